The molecule has 0 saturated heterocycles. The summed E-state index contributed by atoms with van der Waals surface area (Å²) in [6.07, 6.45) is -0.791. The highest BCUT2D eigenvalue weighted by Gasteiger charge is 2.15. The fraction of sp³-hybridized carbons (Fsp3) is 0.294. The third-order valence-corrected chi connectivity index (χ3v) is 3.73. The molecule has 1 aromatic carbocycles. The average molecular weight is 372 g/mol. The molecule has 10 nitrogen and oxygen atoms in total. The van der Waals surface area contributed by atoms with Crippen molar-refractivity contribution in [1.29, 1.82) is 0 Å². The molecule has 0 atom stereocenters. The van der Waals surface area contributed by atoms with Crippen LogP contribution in [-0.2, 0) is 4.84 Å². The Morgan fingerprint density at radius 1 is 1.26 bits per heavy atom. The van der Waals surface area contributed by atoms with Crippen molar-refractivity contribution in [3.8, 4) is 5.75 Å². The predicted octanol–water partition coefficient (Wildman–Crippen LogP) is 2.40. The van der Waals surface area contributed by atoms with Gasteiger partial charge in [0.25, 0.3) is 5.56 Å². The van der Waals surface area contributed by atoms with Crippen molar-refractivity contribution in [2.24, 2.45) is 0 Å². The first-order chi connectivity index (χ1) is 12.9. The first kappa shape index (κ1) is 18.4. The van der Waals surface area contributed by atoms with E-state index in [1.807, 2.05) is 26.8 Å². The van der Waals surface area contributed by atoms with E-state index in [9.17, 15) is 9.59 Å². The van der Waals surface area contributed by atoms with Crippen molar-refractivity contribution in [2.75, 3.05) is 12.4 Å². The third kappa shape index (κ3) is 3.90. The minimum absolute atomic E-state index is 0.162. The Bertz CT molecular complexity index is 1040. The summed E-state index contributed by atoms with van der Waals surface area (Å²) in [6, 6.07) is 6.38. The molecule has 3 rings (SSSR count). The fourth-order valence-corrected chi connectivity index (χ4v) is 2.56. The second kappa shape index (κ2) is 7.46. The monoisotopic (exact) mass is 372 g/mol. The zero-order valence-corrected chi connectivity index (χ0v) is 15.4. The number of hydrogen-bond acceptors (Lipinski definition) is 7. The summed E-state index contributed by atoms with van der Waals surface area (Å²) in [6.45, 7) is 5.59. The molecule has 3 aromatic rings. The number of aromatic nitrogens is 4. The Hall–Kier alpha value is -3.40. The number of ether oxygens (including phenoxy) is 1. The van der Waals surface area contributed by atoms with Crippen LogP contribution in [0.15, 0.2) is 29.1 Å². The number of anilines is 2. The van der Waals surface area contributed by atoms with Gasteiger partial charge in [-0.15, -0.1) is 0 Å². The number of amides is 1. The van der Waals surface area contributed by atoms with Crippen molar-refractivity contribution < 1.29 is 14.4 Å². The zero-order chi connectivity index (χ0) is 19.6. The van der Waals surface area contributed by atoms with Gasteiger partial charge in [-0.2, -0.15) is 15.7 Å². The molecule has 0 saturated carbocycles. The van der Waals surface area contributed by atoms with Crippen molar-refractivity contribution in [3.63, 3.8) is 0 Å². The number of fused-ring (bicyclic) bond motifs is 1. The molecule has 0 spiro atoms. The Morgan fingerprint density at radius 3 is 2.67 bits per heavy atom. The largest absolute Gasteiger partial charge is 0.436 e. The predicted molar refractivity (Wildman–Crippen MR) is 99.2 cm³/mol. The minimum atomic E-state index is -0.791. The Kier molecular flexibility index (Phi) is 5.08. The van der Waals surface area contributed by atoms with Gasteiger partial charge in [-0.05, 0) is 39.0 Å². The lowest BCUT2D eigenvalue weighted by atomic mass is 10.1. The first-order valence-corrected chi connectivity index (χ1v) is 8.25. The SMILES string of the molecule is CONC(=O)Oc1ccc2c(Nc3cc(C)[nH]n3)nn(C(C)C)c(=O)c2c1. The molecule has 10 heteroatoms. The van der Waals surface area contributed by atoms with E-state index in [-0.39, 0.29) is 17.4 Å². The summed E-state index contributed by atoms with van der Waals surface area (Å²) in [5.74, 6) is 1.25. The van der Waals surface area contributed by atoms with Crippen molar-refractivity contribution in [1.82, 2.24) is 25.5 Å². The summed E-state index contributed by atoms with van der Waals surface area (Å²) in [4.78, 5) is 28.9. The van der Waals surface area contributed by atoms with Crippen molar-refractivity contribution in [3.05, 3.63) is 40.3 Å². The van der Waals surface area contributed by atoms with E-state index < -0.39 is 6.09 Å². The third-order valence-electron chi connectivity index (χ3n) is 3.73. The smallest absolute Gasteiger partial charge is 0.409 e. The molecule has 0 aliphatic rings. The number of rotatable bonds is 5. The van der Waals surface area contributed by atoms with E-state index in [2.05, 4.69) is 30.9 Å². The highest BCUT2D eigenvalue weighted by atomic mass is 16.7. The number of nitrogens with one attached hydrogen (secondary N) is 3. The lowest BCUT2D eigenvalue weighted by molar-refractivity contribution is 0.0846. The molecule has 0 unspecified atom stereocenters. The molecule has 27 heavy (non-hydrogen) atoms. The maximum absolute atomic E-state index is 12.8. The van der Waals surface area contributed by atoms with E-state index in [4.69, 9.17) is 4.74 Å². The molecule has 0 bridgehead atoms. The molecule has 0 aliphatic heterocycles. The van der Waals surface area contributed by atoms with E-state index in [0.717, 1.165) is 5.69 Å². The van der Waals surface area contributed by atoms with Crippen molar-refractivity contribution >= 4 is 28.5 Å². The van der Waals surface area contributed by atoms with Crippen LogP contribution in [0.25, 0.3) is 10.8 Å². The van der Waals surface area contributed by atoms with Crippen LogP contribution in [0.4, 0.5) is 16.4 Å². The second-order valence-corrected chi connectivity index (χ2v) is 6.16. The van der Waals surface area contributed by atoms with Gasteiger partial charge in [0.2, 0.25) is 0 Å². The molecule has 2 heterocycles. The standard InChI is InChI=1S/C17H20N6O4/c1-9(2)23-16(24)13-8-11(27-17(25)22-26-4)5-6-12(13)15(21-23)18-14-7-10(3)19-20-14/h5-9H,1-4H3,(H,22,25)(H2,18,19,20,21). The summed E-state index contributed by atoms with van der Waals surface area (Å²) >= 11 is 0. The number of nitrogens with zero attached hydrogens (tertiary/aromatic N) is 3. The van der Waals surface area contributed by atoms with Crippen LogP contribution < -0.4 is 21.1 Å². The van der Waals surface area contributed by atoms with Gasteiger partial charge in [0, 0.05) is 17.1 Å². The van der Waals surface area contributed by atoms with Crippen LogP contribution in [0.2, 0.25) is 0 Å². The van der Waals surface area contributed by atoms with E-state index in [1.54, 1.807) is 12.1 Å². The first-order valence-electron chi connectivity index (χ1n) is 8.25. The maximum atomic E-state index is 12.8. The van der Waals surface area contributed by atoms with E-state index in [0.29, 0.717) is 22.4 Å². The minimum Gasteiger partial charge on any atom is -0.409 e. The maximum Gasteiger partial charge on any atom is 0.436 e. The summed E-state index contributed by atoms with van der Waals surface area (Å²) in [5, 5.41) is 15.5. The van der Waals surface area contributed by atoms with Gasteiger partial charge in [0.05, 0.1) is 18.5 Å². The van der Waals surface area contributed by atoms with Crippen LogP contribution in [0.1, 0.15) is 25.6 Å². The summed E-state index contributed by atoms with van der Waals surface area (Å²) < 4.78 is 6.46. The summed E-state index contributed by atoms with van der Waals surface area (Å²) in [7, 11) is 1.29. The van der Waals surface area contributed by atoms with Gasteiger partial charge >= 0.3 is 6.09 Å². The molecule has 0 aliphatic carbocycles. The zero-order valence-electron chi connectivity index (χ0n) is 15.4. The van der Waals surface area contributed by atoms with E-state index >= 15 is 0 Å². The van der Waals surface area contributed by atoms with Crippen LogP contribution in [-0.4, -0.2) is 33.2 Å². The lowest BCUT2D eigenvalue weighted by Gasteiger charge is -2.14. The van der Waals surface area contributed by atoms with Crippen LogP contribution in [0.5, 0.6) is 5.75 Å². The number of benzene rings is 1. The van der Waals surface area contributed by atoms with Crippen LogP contribution in [0.3, 0.4) is 0 Å². The topological polar surface area (TPSA) is 123 Å². The average Bonchev–Trinajstić information content (AvgIpc) is 3.02. The van der Waals surface area contributed by atoms with Gasteiger partial charge in [0.1, 0.15) is 5.75 Å². The summed E-state index contributed by atoms with van der Waals surface area (Å²) in [5.41, 5.74) is 2.65. The van der Waals surface area contributed by atoms with Gasteiger partial charge in [-0.25, -0.2) is 9.48 Å². The Labute approximate surface area is 154 Å². The molecule has 142 valence electrons. The van der Waals surface area contributed by atoms with Crippen molar-refractivity contribution in [2.45, 2.75) is 26.8 Å². The molecule has 0 fully saturated rings. The number of hydroxylamine groups is 1. The number of aromatic amines is 1. The van der Waals surface area contributed by atoms with Gasteiger partial charge in [-0.3, -0.25) is 14.7 Å². The van der Waals surface area contributed by atoms with E-state index in [1.165, 1.54) is 17.9 Å². The fourth-order valence-electron chi connectivity index (χ4n) is 2.56. The highest BCUT2D eigenvalue weighted by molar-refractivity contribution is 5.93. The second-order valence-electron chi connectivity index (χ2n) is 6.16. The quantitative estimate of drug-likeness (QED) is 0.588. The van der Waals surface area contributed by atoms with Gasteiger partial charge < -0.3 is 10.1 Å². The molecule has 3 N–H and O–H groups in total. The number of hydrogen-bond donors (Lipinski definition) is 3. The normalized spacial score (nSPS) is 11.0. The van der Waals surface area contributed by atoms with Gasteiger partial charge in [-0.1, -0.05) is 0 Å². The highest BCUT2D eigenvalue weighted by Crippen LogP contribution is 2.26. The molecular weight excluding hydrogens is 352 g/mol. The molecule has 1 amide bonds. The number of aryl methyl sites for hydroxylation is 1. The van der Waals surface area contributed by atoms with Crippen LogP contribution in [0, 0.1) is 6.92 Å². The molecular formula is C17H20N6O4. The number of carbonyl (C=O) groups is 1. The number of H-pyrrole nitrogens is 1. The Morgan fingerprint density at radius 2 is 2.04 bits per heavy atom. The number of carbonyl (C=O) groups excluding carboxylic acids is 1. The lowest BCUT2D eigenvalue weighted by Crippen LogP contribution is -2.27. The van der Waals surface area contributed by atoms with Gasteiger partial charge in [0.15, 0.2) is 11.6 Å². The molecule has 2 aromatic heterocycles. The van der Waals surface area contributed by atoms with Crippen LogP contribution >= 0.6 is 0 Å². The Balaban J connectivity index is 2.10. The molecule has 0 radical (unpaired) electrons.